The Balaban J connectivity index is 4.06. The Morgan fingerprint density at radius 2 is 2.30 bits per heavy atom. The molecule has 10 heavy (non-hydrogen) atoms. The van der Waals surface area contributed by atoms with E-state index in [9.17, 15) is 9.59 Å². The fourth-order valence-corrected chi connectivity index (χ4v) is 0.323. The maximum atomic E-state index is 10.2. The van der Waals surface area contributed by atoms with Gasteiger partial charge in [-0.05, 0) is 6.92 Å². The molecule has 0 bridgehead atoms. The molecule has 1 unspecified atom stereocenters. The van der Waals surface area contributed by atoms with Crippen molar-refractivity contribution in [3.63, 3.8) is 0 Å². The van der Waals surface area contributed by atoms with Crippen LogP contribution in [0.1, 0.15) is 6.92 Å². The maximum absolute atomic E-state index is 10.2. The lowest BCUT2D eigenvalue weighted by Gasteiger charge is -2.15. The molecule has 1 amide bonds. The Morgan fingerprint density at radius 1 is 1.80 bits per heavy atom. The normalized spacial score (nSPS) is 11.4. The quantitative estimate of drug-likeness (QED) is 0.447. The van der Waals surface area contributed by atoms with E-state index in [0.29, 0.717) is 0 Å². The number of carbonyl (C=O) groups excluding carboxylic acids is 1. The number of amides is 1. The summed E-state index contributed by atoms with van der Waals surface area (Å²) in [7, 11) is 1.33. The molecule has 0 heterocycles. The summed E-state index contributed by atoms with van der Waals surface area (Å²) in [5, 5.41) is 8.32. The van der Waals surface area contributed by atoms with Gasteiger partial charge in [0.1, 0.15) is 6.17 Å². The molecule has 5 nitrogen and oxygen atoms in total. The van der Waals surface area contributed by atoms with Gasteiger partial charge in [0, 0.05) is 7.05 Å². The fraction of sp³-hybridized carbons (Fsp3) is 0.600. The molecule has 0 saturated heterocycles. The summed E-state index contributed by atoms with van der Waals surface area (Å²) in [4.78, 5) is 23.9. The van der Waals surface area contributed by atoms with Crippen molar-refractivity contribution in [3.05, 3.63) is 0 Å². The lowest BCUT2D eigenvalue weighted by molar-refractivity contribution is 0.143. The molecular formula is C5H8N2O3. The van der Waals surface area contributed by atoms with Gasteiger partial charge in [-0.25, -0.2) is 9.59 Å². The van der Waals surface area contributed by atoms with E-state index in [0.717, 1.165) is 4.90 Å². The van der Waals surface area contributed by atoms with Gasteiger partial charge in [0.2, 0.25) is 6.08 Å². The first kappa shape index (κ1) is 8.65. The molecule has 0 spiro atoms. The summed E-state index contributed by atoms with van der Waals surface area (Å²) in [6, 6.07) is 0. The van der Waals surface area contributed by atoms with Crippen molar-refractivity contribution in [2.24, 2.45) is 4.99 Å². The monoisotopic (exact) mass is 144 g/mol. The molecule has 0 fully saturated rings. The lowest BCUT2D eigenvalue weighted by Crippen LogP contribution is -2.32. The molecule has 0 aliphatic carbocycles. The zero-order valence-corrected chi connectivity index (χ0v) is 5.74. The van der Waals surface area contributed by atoms with Crippen LogP contribution in [0.5, 0.6) is 0 Å². The molecule has 0 aromatic rings. The highest BCUT2D eigenvalue weighted by Crippen LogP contribution is 1.94. The summed E-state index contributed by atoms with van der Waals surface area (Å²) in [5.74, 6) is 0. The zero-order valence-electron chi connectivity index (χ0n) is 5.74. The van der Waals surface area contributed by atoms with Gasteiger partial charge in [-0.1, -0.05) is 0 Å². The topological polar surface area (TPSA) is 70.0 Å². The first-order valence-electron chi connectivity index (χ1n) is 2.62. The minimum Gasteiger partial charge on any atom is -0.465 e. The van der Waals surface area contributed by atoms with E-state index in [1.54, 1.807) is 0 Å². The summed E-state index contributed by atoms with van der Waals surface area (Å²) in [6.07, 6.45) is -0.503. The van der Waals surface area contributed by atoms with Crippen LogP contribution in [-0.2, 0) is 4.79 Å². The van der Waals surface area contributed by atoms with Crippen molar-refractivity contribution in [3.8, 4) is 0 Å². The van der Waals surface area contributed by atoms with Crippen molar-refractivity contribution in [2.75, 3.05) is 7.05 Å². The summed E-state index contributed by atoms with van der Waals surface area (Å²) in [5.41, 5.74) is 0. The Kier molecular flexibility index (Phi) is 3.14. The van der Waals surface area contributed by atoms with Crippen LogP contribution < -0.4 is 0 Å². The van der Waals surface area contributed by atoms with Crippen LogP contribution in [0.3, 0.4) is 0 Å². The molecule has 5 heteroatoms. The number of isocyanates is 1. The number of carbonyl (C=O) groups is 1. The number of aliphatic imine (C=N–C) groups is 1. The van der Waals surface area contributed by atoms with Crippen molar-refractivity contribution in [2.45, 2.75) is 13.1 Å². The van der Waals surface area contributed by atoms with Crippen molar-refractivity contribution < 1.29 is 14.7 Å². The van der Waals surface area contributed by atoms with Crippen LogP contribution in [0, 0.1) is 0 Å². The van der Waals surface area contributed by atoms with Crippen LogP contribution in [-0.4, -0.2) is 35.4 Å². The SMILES string of the molecule is CC(N=C=O)N(C)C(=O)O. The minimum atomic E-state index is -1.12. The molecule has 0 aliphatic rings. The smallest absolute Gasteiger partial charge is 0.408 e. The molecule has 1 atom stereocenters. The van der Waals surface area contributed by atoms with E-state index >= 15 is 0 Å². The third kappa shape index (κ3) is 2.28. The van der Waals surface area contributed by atoms with Crippen LogP contribution in [0.25, 0.3) is 0 Å². The molecule has 0 aliphatic heterocycles. The highest BCUT2D eigenvalue weighted by Gasteiger charge is 2.11. The number of rotatable bonds is 2. The minimum absolute atomic E-state index is 0.657. The first-order chi connectivity index (χ1) is 4.59. The van der Waals surface area contributed by atoms with E-state index in [2.05, 4.69) is 4.99 Å². The molecule has 0 aromatic heterocycles. The van der Waals surface area contributed by atoms with E-state index in [-0.39, 0.29) is 0 Å². The Labute approximate surface area is 58.0 Å². The maximum Gasteiger partial charge on any atom is 0.408 e. The van der Waals surface area contributed by atoms with Crippen LogP contribution >= 0.6 is 0 Å². The van der Waals surface area contributed by atoms with E-state index in [1.807, 2.05) is 0 Å². The van der Waals surface area contributed by atoms with Crippen molar-refractivity contribution >= 4 is 12.2 Å². The predicted molar refractivity (Wildman–Crippen MR) is 33.4 cm³/mol. The van der Waals surface area contributed by atoms with Gasteiger partial charge in [-0.15, -0.1) is 0 Å². The average Bonchev–Trinajstić information content (AvgIpc) is 1.87. The van der Waals surface area contributed by atoms with Gasteiger partial charge in [0.25, 0.3) is 0 Å². The summed E-state index contributed by atoms with van der Waals surface area (Å²) >= 11 is 0. The summed E-state index contributed by atoms with van der Waals surface area (Å²) in [6.45, 7) is 1.49. The number of hydrogen-bond donors (Lipinski definition) is 1. The van der Waals surface area contributed by atoms with E-state index in [1.165, 1.54) is 20.1 Å². The predicted octanol–water partition coefficient (Wildman–Crippen LogP) is 0.278. The number of carboxylic acid groups (broad SMARTS) is 1. The second kappa shape index (κ2) is 3.63. The van der Waals surface area contributed by atoms with Gasteiger partial charge in [0.15, 0.2) is 0 Å². The van der Waals surface area contributed by atoms with Crippen LogP contribution in [0.2, 0.25) is 0 Å². The second-order valence-corrected chi connectivity index (χ2v) is 1.75. The van der Waals surface area contributed by atoms with E-state index in [4.69, 9.17) is 5.11 Å². The molecule has 0 saturated carbocycles. The average molecular weight is 144 g/mol. The Hall–Kier alpha value is -1.35. The zero-order chi connectivity index (χ0) is 8.15. The highest BCUT2D eigenvalue weighted by atomic mass is 16.4. The van der Waals surface area contributed by atoms with Gasteiger partial charge >= 0.3 is 6.09 Å². The number of nitrogens with zero attached hydrogens (tertiary/aromatic N) is 2. The van der Waals surface area contributed by atoms with Crippen molar-refractivity contribution in [1.82, 2.24) is 4.90 Å². The van der Waals surface area contributed by atoms with Gasteiger partial charge in [0.05, 0.1) is 0 Å². The summed E-state index contributed by atoms with van der Waals surface area (Å²) < 4.78 is 0. The lowest BCUT2D eigenvalue weighted by atomic mass is 10.5. The largest absolute Gasteiger partial charge is 0.465 e. The van der Waals surface area contributed by atoms with Crippen molar-refractivity contribution in [1.29, 1.82) is 0 Å². The van der Waals surface area contributed by atoms with Gasteiger partial charge < -0.3 is 5.11 Å². The highest BCUT2D eigenvalue weighted by molar-refractivity contribution is 5.65. The van der Waals surface area contributed by atoms with Gasteiger partial charge in [-0.2, -0.15) is 4.99 Å². The van der Waals surface area contributed by atoms with E-state index < -0.39 is 12.3 Å². The Morgan fingerprint density at radius 3 is 2.60 bits per heavy atom. The Bertz CT molecular complexity index is 168. The van der Waals surface area contributed by atoms with Crippen LogP contribution in [0.4, 0.5) is 4.79 Å². The molecule has 0 aromatic carbocycles. The number of hydrogen-bond acceptors (Lipinski definition) is 3. The first-order valence-corrected chi connectivity index (χ1v) is 2.62. The second-order valence-electron chi connectivity index (χ2n) is 1.75. The third-order valence-corrected chi connectivity index (χ3v) is 1.10. The molecule has 1 N–H and O–H groups in total. The molecule has 0 rings (SSSR count). The molecule has 56 valence electrons. The van der Waals surface area contributed by atoms with Crippen LogP contribution in [0.15, 0.2) is 4.99 Å². The molecule has 0 radical (unpaired) electrons. The molecular weight excluding hydrogens is 136 g/mol. The van der Waals surface area contributed by atoms with Gasteiger partial charge in [-0.3, -0.25) is 4.90 Å². The standard InChI is InChI=1S/C5H8N2O3/c1-4(6-3-8)7(2)5(9)10/h4H,1-2H3,(H,9,10). The third-order valence-electron chi connectivity index (χ3n) is 1.10. The fourth-order valence-electron chi connectivity index (χ4n) is 0.323.